The molecule has 0 radical (unpaired) electrons. The van der Waals surface area contributed by atoms with Crippen LogP contribution in [-0.4, -0.2) is 14.7 Å². The van der Waals surface area contributed by atoms with Crippen molar-refractivity contribution >= 4 is 38.9 Å². The van der Waals surface area contributed by atoms with Crippen molar-refractivity contribution in [1.82, 2.24) is 14.9 Å². The molecule has 1 aliphatic heterocycles. The Kier molecular flexibility index (Phi) is 5.57. The molecule has 4 aromatic rings. The number of aryl methyl sites for hydroxylation is 1. The van der Waals surface area contributed by atoms with Crippen LogP contribution in [0.4, 0.5) is 5.69 Å². The number of hydrogen-bond donors (Lipinski definition) is 1. The molecule has 0 saturated carbocycles. The highest BCUT2D eigenvalue weighted by molar-refractivity contribution is 9.10. The van der Waals surface area contributed by atoms with E-state index in [1.807, 2.05) is 42.6 Å². The summed E-state index contributed by atoms with van der Waals surface area (Å²) in [6, 6.07) is 26.9. The van der Waals surface area contributed by atoms with Crippen LogP contribution in [0.15, 0.2) is 89.5 Å². The van der Waals surface area contributed by atoms with Gasteiger partial charge in [0.2, 0.25) is 0 Å². The molecule has 32 heavy (non-hydrogen) atoms. The van der Waals surface area contributed by atoms with Crippen molar-refractivity contribution in [3.8, 4) is 5.69 Å². The standard InChI is InChI=1S/C26H23BrN4S/c1-17-16-20(18(2)30(17)23-14-7-6-12-21(23)27)25-24(22-13-8-9-15-28-22)29-26(32)31(25)19-10-4-3-5-11-19/h3-16,24-25H,1-2H3,(H,29,32)/t24-,25+/m1/s1. The molecule has 1 fully saturated rings. The van der Waals surface area contributed by atoms with Gasteiger partial charge in [0, 0.05) is 27.7 Å². The van der Waals surface area contributed by atoms with E-state index in [-0.39, 0.29) is 12.1 Å². The van der Waals surface area contributed by atoms with E-state index in [0.717, 1.165) is 21.5 Å². The molecule has 160 valence electrons. The molecule has 0 spiro atoms. The van der Waals surface area contributed by atoms with Crippen LogP contribution in [0.3, 0.4) is 0 Å². The monoisotopic (exact) mass is 502 g/mol. The van der Waals surface area contributed by atoms with Gasteiger partial charge in [-0.25, -0.2) is 0 Å². The number of thiocarbonyl (C=S) groups is 1. The smallest absolute Gasteiger partial charge is 0.174 e. The number of hydrogen-bond acceptors (Lipinski definition) is 2. The molecule has 0 unspecified atom stereocenters. The van der Waals surface area contributed by atoms with Crippen LogP contribution in [-0.2, 0) is 0 Å². The van der Waals surface area contributed by atoms with Crippen LogP contribution in [0, 0.1) is 13.8 Å². The molecule has 5 rings (SSSR count). The second kappa shape index (κ2) is 8.52. The quantitative estimate of drug-likeness (QED) is 0.326. The summed E-state index contributed by atoms with van der Waals surface area (Å²) >= 11 is 9.57. The summed E-state index contributed by atoms with van der Waals surface area (Å²) in [5, 5.41) is 4.26. The Labute approximate surface area is 202 Å². The Balaban J connectivity index is 1.70. The van der Waals surface area contributed by atoms with Gasteiger partial charge in [-0.15, -0.1) is 0 Å². The molecular formula is C26H23BrN4S. The predicted octanol–water partition coefficient (Wildman–Crippen LogP) is 6.43. The van der Waals surface area contributed by atoms with Gasteiger partial charge < -0.3 is 14.8 Å². The van der Waals surface area contributed by atoms with E-state index in [1.54, 1.807) is 0 Å². The summed E-state index contributed by atoms with van der Waals surface area (Å²) < 4.78 is 3.37. The normalized spacial score (nSPS) is 18.1. The second-order valence-electron chi connectivity index (χ2n) is 7.95. The van der Waals surface area contributed by atoms with E-state index in [2.05, 4.69) is 92.0 Å². The van der Waals surface area contributed by atoms with Gasteiger partial charge in [-0.3, -0.25) is 4.98 Å². The number of nitrogens with zero attached hydrogens (tertiary/aromatic N) is 3. The minimum atomic E-state index is -0.0583. The van der Waals surface area contributed by atoms with E-state index >= 15 is 0 Å². The average Bonchev–Trinajstić information content (AvgIpc) is 3.31. The van der Waals surface area contributed by atoms with E-state index in [1.165, 1.54) is 17.0 Å². The number of halogens is 1. The Morgan fingerprint density at radius 1 is 0.938 bits per heavy atom. The lowest BCUT2D eigenvalue weighted by Gasteiger charge is -2.28. The summed E-state index contributed by atoms with van der Waals surface area (Å²) in [7, 11) is 0. The second-order valence-corrected chi connectivity index (χ2v) is 9.19. The maximum absolute atomic E-state index is 5.85. The SMILES string of the molecule is Cc1cc([C@H]2[C@@H](c3ccccn3)NC(=S)N2c2ccccc2)c(C)n1-c1ccccc1Br. The molecule has 6 heteroatoms. The molecule has 3 heterocycles. The van der Waals surface area contributed by atoms with Crippen molar-refractivity contribution in [3.05, 3.63) is 112 Å². The number of pyridine rings is 1. The fourth-order valence-electron chi connectivity index (χ4n) is 4.63. The first-order valence-electron chi connectivity index (χ1n) is 10.6. The Morgan fingerprint density at radius 2 is 1.66 bits per heavy atom. The number of rotatable bonds is 4. The highest BCUT2D eigenvalue weighted by atomic mass is 79.9. The number of aromatic nitrogens is 2. The average molecular weight is 503 g/mol. The molecule has 0 bridgehead atoms. The van der Waals surface area contributed by atoms with Gasteiger partial charge in [-0.05, 0) is 90.0 Å². The Hall–Kier alpha value is -2.96. The number of anilines is 1. The van der Waals surface area contributed by atoms with Crippen molar-refractivity contribution < 1.29 is 0 Å². The van der Waals surface area contributed by atoms with Crippen LogP contribution in [0.1, 0.15) is 34.7 Å². The first-order chi connectivity index (χ1) is 15.6. The minimum Gasteiger partial charge on any atom is -0.351 e. The number of para-hydroxylation sites is 2. The van der Waals surface area contributed by atoms with Gasteiger partial charge in [-0.2, -0.15) is 0 Å². The molecule has 2 atom stereocenters. The maximum Gasteiger partial charge on any atom is 0.174 e. The van der Waals surface area contributed by atoms with Crippen LogP contribution < -0.4 is 10.2 Å². The van der Waals surface area contributed by atoms with Gasteiger partial charge in [0.05, 0.1) is 23.5 Å². The van der Waals surface area contributed by atoms with E-state index in [0.29, 0.717) is 5.11 Å². The van der Waals surface area contributed by atoms with Gasteiger partial charge in [0.1, 0.15) is 0 Å². The van der Waals surface area contributed by atoms with Crippen molar-refractivity contribution in [2.45, 2.75) is 25.9 Å². The van der Waals surface area contributed by atoms with Gasteiger partial charge in [-0.1, -0.05) is 36.4 Å². The lowest BCUT2D eigenvalue weighted by atomic mass is 9.96. The molecular weight excluding hydrogens is 480 g/mol. The lowest BCUT2D eigenvalue weighted by molar-refractivity contribution is 0.565. The summed E-state index contributed by atoms with van der Waals surface area (Å²) in [5.41, 5.74) is 6.76. The van der Waals surface area contributed by atoms with Crippen LogP contribution >= 0.6 is 28.1 Å². The third-order valence-electron chi connectivity index (χ3n) is 6.01. The minimum absolute atomic E-state index is 0.0257. The maximum atomic E-state index is 5.85. The molecule has 0 aliphatic carbocycles. The number of nitrogens with one attached hydrogen (secondary N) is 1. The fraction of sp³-hybridized carbons (Fsp3) is 0.154. The van der Waals surface area contributed by atoms with Crippen LogP contribution in [0.5, 0.6) is 0 Å². The van der Waals surface area contributed by atoms with Crippen molar-refractivity contribution in [1.29, 1.82) is 0 Å². The fourth-order valence-corrected chi connectivity index (χ4v) is 5.44. The summed E-state index contributed by atoms with van der Waals surface area (Å²) in [6.45, 7) is 4.33. The Morgan fingerprint density at radius 3 is 2.38 bits per heavy atom. The Bertz CT molecular complexity index is 1270. The zero-order chi connectivity index (χ0) is 22.2. The van der Waals surface area contributed by atoms with Gasteiger partial charge in [0.15, 0.2) is 5.11 Å². The van der Waals surface area contributed by atoms with Crippen LogP contribution in [0.25, 0.3) is 5.69 Å². The summed E-state index contributed by atoms with van der Waals surface area (Å²) in [6.07, 6.45) is 1.84. The van der Waals surface area contributed by atoms with Crippen molar-refractivity contribution in [3.63, 3.8) is 0 Å². The predicted molar refractivity (Wildman–Crippen MR) is 137 cm³/mol. The topological polar surface area (TPSA) is 33.1 Å². The molecule has 0 amide bonds. The van der Waals surface area contributed by atoms with Crippen LogP contribution in [0.2, 0.25) is 0 Å². The first-order valence-corrected chi connectivity index (χ1v) is 11.8. The highest BCUT2D eigenvalue weighted by Gasteiger charge is 2.42. The highest BCUT2D eigenvalue weighted by Crippen LogP contribution is 2.43. The largest absolute Gasteiger partial charge is 0.351 e. The van der Waals surface area contributed by atoms with Gasteiger partial charge >= 0.3 is 0 Å². The zero-order valence-corrected chi connectivity index (χ0v) is 20.3. The summed E-state index contributed by atoms with van der Waals surface area (Å²) in [4.78, 5) is 6.89. The van der Waals surface area contributed by atoms with E-state index in [4.69, 9.17) is 12.2 Å². The summed E-state index contributed by atoms with van der Waals surface area (Å²) in [5.74, 6) is 0. The molecule has 1 saturated heterocycles. The third kappa shape index (κ3) is 3.53. The molecule has 1 aliphatic rings. The van der Waals surface area contributed by atoms with Crippen molar-refractivity contribution in [2.24, 2.45) is 0 Å². The van der Waals surface area contributed by atoms with E-state index in [9.17, 15) is 0 Å². The molecule has 2 aromatic heterocycles. The molecule has 4 nitrogen and oxygen atoms in total. The number of benzene rings is 2. The van der Waals surface area contributed by atoms with E-state index < -0.39 is 0 Å². The lowest BCUT2D eigenvalue weighted by Crippen LogP contribution is -2.29. The van der Waals surface area contributed by atoms with Crippen molar-refractivity contribution in [2.75, 3.05) is 4.90 Å². The third-order valence-corrected chi connectivity index (χ3v) is 7.00. The van der Waals surface area contributed by atoms with Gasteiger partial charge in [0.25, 0.3) is 0 Å². The first kappa shape index (κ1) is 20.9. The molecule has 1 N–H and O–H groups in total. The molecule has 2 aromatic carbocycles. The zero-order valence-electron chi connectivity index (χ0n) is 17.9.